The van der Waals surface area contributed by atoms with Crippen LogP contribution in [-0.2, 0) is 11.2 Å². The van der Waals surface area contributed by atoms with Gasteiger partial charge in [0.15, 0.2) is 0 Å². The Morgan fingerprint density at radius 1 is 1.26 bits per heavy atom. The molecule has 1 aliphatic rings. The highest BCUT2D eigenvalue weighted by atomic mass is 35.5. The van der Waals surface area contributed by atoms with Gasteiger partial charge in [0.05, 0.1) is 11.3 Å². The number of benzene rings is 2. The first kappa shape index (κ1) is 19.2. The summed E-state index contributed by atoms with van der Waals surface area (Å²) in [5.41, 5.74) is 2.02. The maximum atomic E-state index is 13.6. The number of nitriles is 1. The zero-order valence-electron chi connectivity index (χ0n) is 14.9. The molecular formula is C21H21ClFN3O. The summed E-state index contributed by atoms with van der Waals surface area (Å²) in [6.45, 7) is 1.85. The van der Waals surface area contributed by atoms with E-state index < -0.39 is 0 Å². The van der Waals surface area contributed by atoms with Gasteiger partial charge in [-0.05, 0) is 49.1 Å². The van der Waals surface area contributed by atoms with E-state index in [0.717, 1.165) is 18.5 Å². The van der Waals surface area contributed by atoms with E-state index >= 15 is 0 Å². The number of piperidine rings is 1. The molecule has 1 fully saturated rings. The molecule has 140 valence electrons. The molecule has 4 nitrogen and oxygen atoms in total. The second-order valence-electron chi connectivity index (χ2n) is 6.67. The molecule has 0 radical (unpaired) electrons. The largest absolute Gasteiger partial charge is 0.370 e. The van der Waals surface area contributed by atoms with Crippen LogP contribution in [0.1, 0.15) is 24.0 Å². The second kappa shape index (κ2) is 8.88. The molecule has 2 aromatic carbocycles. The highest BCUT2D eigenvalue weighted by Gasteiger charge is 2.26. The Morgan fingerprint density at radius 2 is 2.00 bits per heavy atom. The van der Waals surface area contributed by atoms with Crippen molar-refractivity contribution < 1.29 is 9.18 Å². The van der Waals surface area contributed by atoms with Gasteiger partial charge >= 0.3 is 0 Å². The number of carbonyl (C=O) groups excluding carboxylic acids is 1. The third-order valence-corrected chi connectivity index (χ3v) is 5.17. The lowest BCUT2D eigenvalue weighted by Crippen LogP contribution is -2.41. The van der Waals surface area contributed by atoms with Crippen LogP contribution in [0.25, 0.3) is 0 Å². The second-order valence-corrected chi connectivity index (χ2v) is 7.10. The Kier molecular flexibility index (Phi) is 6.31. The highest BCUT2D eigenvalue weighted by Crippen LogP contribution is 2.28. The van der Waals surface area contributed by atoms with E-state index in [2.05, 4.69) is 16.3 Å². The van der Waals surface area contributed by atoms with Crippen LogP contribution in [0.4, 0.5) is 10.1 Å². The van der Waals surface area contributed by atoms with Gasteiger partial charge in [-0.2, -0.15) is 5.26 Å². The van der Waals surface area contributed by atoms with Gasteiger partial charge in [0.1, 0.15) is 11.9 Å². The summed E-state index contributed by atoms with van der Waals surface area (Å²) in [6.07, 6.45) is 1.92. The highest BCUT2D eigenvalue weighted by molar-refractivity contribution is 6.30. The minimum atomic E-state index is -0.240. The van der Waals surface area contributed by atoms with Gasteiger partial charge in [-0.15, -0.1) is 0 Å². The van der Waals surface area contributed by atoms with Crippen molar-refractivity contribution in [1.82, 2.24) is 5.32 Å². The Labute approximate surface area is 163 Å². The van der Waals surface area contributed by atoms with Crippen LogP contribution in [0.15, 0.2) is 42.5 Å². The van der Waals surface area contributed by atoms with Crippen molar-refractivity contribution in [3.05, 3.63) is 64.4 Å². The number of nitrogens with zero attached hydrogens (tertiary/aromatic N) is 2. The number of anilines is 1. The summed E-state index contributed by atoms with van der Waals surface area (Å²) in [7, 11) is 0. The van der Waals surface area contributed by atoms with E-state index in [0.29, 0.717) is 42.2 Å². The molecule has 0 unspecified atom stereocenters. The molecule has 1 amide bonds. The average Bonchev–Trinajstić information content (AvgIpc) is 2.69. The van der Waals surface area contributed by atoms with E-state index in [1.807, 2.05) is 6.07 Å². The SMILES string of the molecule is N#Cc1cc(Cl)ccc1N1CCC(C(=O)NCCc2ccccc2F)CC1. The standard InChI is InChI=1S/C21H21ClFN3O/c22-18-5-6-20(17(13-18)14-24)26-11-8-16(9-12-26)21(27)25-10-7-15-3-1-2-4-19(15)23/h1-6,13,16H,7-12H2,(H,25,27). The van der Waals surface area contributed by atoms with Gasteiger partial charge < -0.3 is 10.2 Å². The van der Waals surface area contributed by atoms with Gasteiger partial charge in [-0.1, -0.05) is 29.8 Å². The van der Waals surface area contributed by atoms with Crippen molar-refractivity contribution in [2.45, 2.75) is 19.3 Å². The third-order valence-electron chi connectivity index (χ3n) is 4.94. The summed E-state index contributed by atoms with van der Waals surface area (Å²) in [5, 5.41) is 12.8. The summed E-state index contributed by atoms with van der Waals surface area (Å²) in [6, 6.07) is 14.1. The van der Waals surface area contributed by atoms with Crippen LogP contribution in [0, 0.1) is 23.1 Å². The molecule has 2 aromatic rings. The molecule has 0 bridgehead atoms. The Morgan fingerprint density at radius 3 is 2.70 bits per heavy atom. The Balaban J connectivity index is 1.50. The van der Waals surface area contributed by atoms with Crippen LogP contribution in [0.2, 0.25) is 5.02 Å². The third kappa shape index (κ3) is 4.78. The van der Waals surface area contributed by atoms with Gasteiger partial charge in [0.2, 0.25) is 5.91 Å². The van der Waals surface area contributed by atoms with E-state index in [9.17, 15) is 14.4 Å². The van der Waals surface area contributed by atoms with Crippen molar-refractivity contribution in [3.63, 3.8) is 0 Å². The van der Waals surface area contributed by atoms with Crippen molar-refractivity contribution in [3.8, 4) is 6.07 Å². The van der Waals surface area contributed by atoms with Crippen molar-refractivity contribution >= 4 is 23.2 Å². The molecule has 0 spiro atoms. The van der Waals surface area contributed by atoms with Crippen LogP contribution in [0.5, 0.6) is 0 Å². The number of nitrogens with one attached hydrogen (secondary N) is 1. The summed E-state index contributed by atoms with van der Waals surface area (Å²) in [4.78, 5) is 14.5. The topological polar surface area (TPSA) is 56.1 Å². The fourth-order valence-corrected chi connectivity index (χ4v) is 3.59. The average molecular weight is 386 g/mol. The normalized spacial score (nSPS) is 14.6. The molecule has 0 saturated carbocycles. The molecule has 0 atom stereocenters. The van der Waals surface area contributed by atoms with Gasteiger partial charge in [-0.25, -0.2) is 4.39 Å². The molecule has 1 aliphatic heterocycles. The van der Waals surface area contributed by atoms with E-state index in [1.165, 1.54) is 6.07 Å². The van der Waals surface area contributed by atoms with Crippen molar-refractivity contribution in [2.24, 2.45) is 5.92 Å². The maximum Gasteiger partial charge on any atom is 0.223 e. The summed E-state index contributed by atoms with van der Waals surface area (Å²) < 4.78 is 13.6. The number of carbonyl (C=O) groups is 1. The number of halogens is 2. The zero-order chi connectivity index (χ0) is 19.2. The minimum absolute atomic E-state index is 0.0163. The molecule has 0 aliphatic carbocycles. The lowest BCUT2D eigenvalue weighted by Gasteiger charge is -2.33. The molecule has 3 rings (SSSR count). The number of hydrogen-bond acceptors (Lipinski definition) is 3. The predicted molar refractivity (Wildman–Crippen MR) is 104 cm³/mol. The van der Waals surface area contributed by atoms with Crippen LogP contribution in [-0.4, -0.2) is 25.5 Å². The van der Waals surface area contributed by atoms with Crippen LogP contribution < -0.4 is 10.2 Å². The first-order chi connectivity index (χ1) is 13.1. The summed E-state index contributed by atoms with van der Waals surface area (Å²) in [5.74, 6) is -0.279. The molecule has 6 heteroatoms. The quantitative estimate of drug-likeness (QED) is 0.848. The van der Waals surface area contributed by atoms with Crippen LogP contribution in [0.3, 0.4) is 0 Å². The van der Waals surface area contributed by atoms with Crippen molar-refractivity contribution in [2.75, 3.05) is 24.5 Å². The van der Waals surface area contributed by atoms with Crippen molar-refractivity contribution in [1.29, 1.82) is 5.26 Å². The first-order valence-electron chi connectivity index (χ1n) is 9.04. The Bertz CT molecular complexity index is 857. The molecule has 1 N–H and O–H groups in total. The molecule has 1 heterocycles. The molecule has 1 saturated heterocycles. The van der Waals surface area contributed by atoms with E-state index in [-0.39, 0.29) is 17.6 Å². The fraction of sp³-hybridized carbons (Fsp3) is 0.333. The molecule has 0 aromatic heterocycles. The lowest BCUT2D eigenvalue weighted by molar-refractivity contribution is -0.125. The molecule has 27 heavy (non-hydrogen) atoms. The lowest BCUT2D eigenvalue weighted by atomic mass is 9.95. The number of hydrogen-bond donors (Lipinski definition) is 1. The Hall–Kier alpha value is -2.58. The van der Waals surface area contributed by atoms with Gasteiger partial charge in [0.25, 0.3) is 0 Å². The van der Waals surface area contributed by atoms with Crippen LogP contribution >= 0.6 is 11.6 Å². The number of amides is 1. The van der Waals surface area contributed by atoms with E-state index in [1.54, 1.807) is 30.3 Å². The van der Waals surface area contributed by atoms with E-state index in [4.69, 9.17) is 11.6 Å². The maximum absolute atomic E-state index is 13.6. The minimum Gasteiger partial charge on any atom is -0.370 e. The molecular weight excluding hydrogens is 365 g/mol. The summed E-state index contributed by atoms with van der Waals surface area (Å²) >= 11 is 5.96. The van der Waals surface area contributed by atoms with Gasteiger partial charge in [0, 0.05) is 30.6 Å². The monoisotopic (exact) mass is 385 g/mol. The number of rotatable bonds is 5. The zero-order valence-corrected chi connectivity index (χ0v) is 15.7. The first-order valence-corrected chi connectivity index (χ1v) is 9.42. The smallest absolute Gasteiger partial charge is 0.223 e. The van der Waals surface area contributed by atoms with Gasteiger partial charge in [-0.3, -0.25) is 4.79 Å². The fourth-order valence-electron chi connectivity index (χ4n) is 3.42. The predicted octanol–water partition coefficient (Wildman–Crippen LogP) is 3.93.